The lowest BCUT2D eigenvalue weighted by molar-refractivity contribution is -0.135. The molecule has 3 aromatic heterocycles. The number of likely N-dealkylation sites (N-methyl/N-ethyl adjacent to an activating group) is 1. The van der Waals surface area contributed by atoms with Gasteiger partial charge in [-0.15, -0.1) is 5.10 Å². The molecular formula is C19H27N9O3. The van der Waals surface area contributed by atoms with Crippen LogP contribution in [-0.4, -0.2) is 92.3 Å². The molecule has 12 nitrogen and oxygen atoms in total. The average molecular weight is 429 g/mol. The Morgan fingerprint density at radius 2 is 2.06 bits per heavy atom. The van der Waals surface area contributed by atoms with Crippen LogP contribution in [0.25, 0.3) is 17.4 Å². The first-order valence-electron chi connectivity index (χ1n) is 10.4. The number of anilines is 2. The van der Waals surface area contributed by atoms with Gasteiger partial charge in [0, 0.05) is 32.8 Å². The Hall–Kier alpha value is -3.25. The van der Waals surface area contributed by atoms with Gasteiger partial charge in [-0.25, -0.2) is 0 Å². The number of fused-ring (bicyclic) bond motifs is 1. The maximum Gasteiger partial charge on any atom is 0.259 e. The molecule has 0 saturated carbocycles. The molecule has 4 heterocycles. The number of nitrogens with zero attached hydrogens (tertiary/aromatic N) is 7. The molecule has 31 heavy (non-hydrogen) atoms. The number of rotatable bonds is 8. The van der Waals surface area contributed by atoms with Crippen molar-refractivity contribution in [2.45, 2.75) is 19.9 Å². The third-order valence-corrected chi connectivity index (χ3v) is 5.20. The number of nitrogen functional groups attached to an aromatic ring is 1. The van der Waals surface area contributed by atoms with Crippen molar-refractivity contribution in [3.63, 3.8) is 0 Å². The first kappa shape index (κ1) is 21.0. The third kappa shape index (κ3) is 4.59. The first-order chi connectivity index (χ1) is 15.1. The molecule has 1 amide bonds. The van der Waals surface area contributed by atoms with Gasteiger partial charge in [0.2, 0.25) is 23.6 Å². The number of nitrogens with one attached hydrogen (secondary N) is 1. The van der Waals surface area contributed by atoms with Crippen LogP contribution in [0.1, 0.15) is 13.8 Å². The molecule has 1 saturated heterocycles. The van der Waals surface area contributed by atoms with Crippen LogP contribution in [0, 0.1) is 0 Å². The van der Waals surface area contributed by atoms with Crippen molar-refractivity contribution in [2.24, 2.45) is 0 Å². The lowest BCUT2D eigenvalue weighted by Gasteiger charge is -2.36. The Morgan fingerprint density at radius 3 is 2.74 bits per heavy atom. The summed E-state index contributed by atoms with van der Waals surface area (Å²) in [7, 11) is 0. The number of amides is 1. The predicted molar refractivity (Wildman–Crippen MR) is 113 cm³/mol. The Morgan fingerprint density at radius 1 is 1.26 bits per heavy atom. The number of hydrogen-bond donors (Lipinski definition) is 2. The number of carbonyl (C=O) groups is 1. The topological polar surface area (TPSA) is 140 Å². The summed E-state index contributed by atoms with van der Waals surface area (Å²) < 4.78 is 12.2. The average Bonchev–Trinajstić information content (AvgIpc) is 3.46. The molecule has 12 heteroatoms. The molecule has 0 radical (unpaired) electrons. The minimum absolute atomic E-state index is 0.0519. The van der Waals surface area contributed by atoms with E-state index in [1.54, 1.807) is 12.1 Å². The number of hydrogen-bond acceptors (Lipinski definition) is 10. The second-order valence-corrected chi connectivity index (χ2v) is 7.15. The van der Waals surface area contributed by atoms with Crippen molar-refractivity contribution in [1.82, 2.24) is 34.4 Å². The normalized spacial score (nSPS) is 16.0. The van der Waals surface area contributed by atoms with E-state index in [2.05, 4.69) is 37.2 Å². The zero-order valence-electron chi connectivity index (χ0n) is 17.7. The summed E-state index contributed by atoms with van der Waals surface area (Å²) in [6, 6.07) is 2.85. The van der Waals surface area contributed by atoms with Crippen LogP contribution < -0.4 is 11.1 Å². The molecule has 3 aromatic rings. The van der Waals surface area contributed by atoms with Gasteiger partial charge in [0.05, 0.1) is 12.9 Å². The maximum absolute atomic E-state index is 13.1. The highest BCUT2D eigenvalue weighted by Gasteiger charge is 2.28. The molecule has 0 spiro atoms. The molecule has 3 N–H and O–H groups in total. The first-order valence-corrected chi connectivity index (χ1v) is 10.4. The number of ether oxygens (including phenoxy) is 1. The van der Waals surface area contributed by atoms with Crippen molar-refractivity contribution < 1.29 is 13.9 Å². The van der Waals surface area contributed by atoms with Gasteiger partial charge in [0.15, 0.2) is 5.76 Å². The van der Waals surface area contributed by atoms with E-state index in [4.69, 9.17) is 14.9 Å². The summed E-state index contributed by atoms with van der Waals surface area (Å²) in [5.41, 5.74) is 6.06. The van der Waals surface area contributed by atoms with Crippen molar-refractivity contribution >= 4 is 23.6 Å². The van der Waals surface area contributed by atoms with Crippen LogP contribution in [-0.2, 0) is 9.53 Å². The highest BCUT2D eigenvalue weighted by molar-refractivity contribution is 5.84. The van der Waals surface area contributed by atoms with E-state index < -0.39 is 6.04 Å². The van der Waals surface area contributed by atoms with E-state index in [1.165, 1.54) is 10.8 Å². The lowest BCUT2D eigenvalue weighted by Crippen LogP contribution is -2.53. The van der Waals surface area contributed by atoms with Crippen molar-refractivity contribution in [3.8, 4) is 11.6 Å². The fourth-order valence-electron chi connectivity index (χ4n) is 3.45. The summed E-state index contributed by atoms with van der Waals surface area (Å²) in [6.45, 7) is 8.74. The standard InChI is InChI=1S/C19H27N9O3/c1-3-26-7-9-27(10-8-26)16(29)13(12-30-4-2)21-18-23-17(20)28-19(24-18)22-15(25-28)14-6-5-11-31-14/h5-6,11,13H,3-4,7-10,12H2,1-2H3,(H3,20,21,22,23,24,25)/t13-/m0/s1. The van der Waals surface area contributed by atoms with Crippen LogP contribution in [0.2, 0.25) is 0 Å². The van der Waals surface area contributed by atoms with Gasteiger partial charge >= 0.3 is 0 Å². The monoisotopic (exact) mass is 429 g/mol. The summed E-state index contributed by atoms with van der Waals surface area (Å²) in [5, 5.41) is 7.35. The summed E-state index contributed by atoms with van der Waals surface area (Å²) in [6.07, 6.45) is 1.54. The molecule has 1 aliphatic heterocycles. The van der Waals surface area contributed by atoms with Crippen LogP contribution in [0.3, 0.4) is 0 Å². The van der Waals surface area contributed by atoms with Crippen molar-refractivity contribution in [1.29, 1.82) is 0 Å². The zero-order valence-corrected chi connectivity index (χ0v) is 17.7. The van der Waals surface area contributed by atoms with Gasteiger partial charge in [-0.2, -0.15) is 19.5 Å². The number of carbonyl (C=O) groups excluding carboxylic acids is 1. The largest absolute Gasteiger partial charge is 0.461 e. The van der Waals surface area contributed by atoms with E-state index in [1.807, 2.05) is 11.8 Å². The predicted octanol–water partition coefficient (Wildman–Crippen LogP) is 0.343. The Kier molecular flexibility index (Phi) is 6.28. The van der Waals surface area contributed by atoms with Crippen molar-refractivity contribution in [3.05, 3.63) is 18.4 Å². The second kappa shape index (κ2) is 9.27. The van der Waals surface area contributed by atoms with E-state index in [-0.39, 0.29) is 30.2 Å². The second-order valence-electron chi connectivity index (χ2n) is 7.15. The van der Waals surface area contributed by atoms with E-state index in [9.17, 15) is 4.79 Å². The van der Waals surface area contributed by atoms with Gasteiger partial charge in [0.25, 0.3) is 5.78 Å². The fraction of sp³-hybridized carbons (Fsp3) is 0.526. The number of nitrogens with two attached hydrogens (primary N) is 1. The summed E-state index contributed by atoms with van der Waals surface area (Å²) in [4.78, 5) is 30.3. The molecular weight excluding hydrogens is 402 g/mol. The quantitative estimate of drug-likeness (QED) is 0.515. The smallest absolute Gasteiger partial charge is 0.259 e. The van der Waals surface area contributed by atoms with Crippen LogP contribution in [0.5, 0.6) is 0 Å². The SMILES string of the molecule is CCOC[C@H](Nc1nc(N)n2nc(-c3ccco3)nc2n1)C(=O)N1CCN(CC)CC1. The summed E-state index contributed by atoms with van der Waals surface area (Å²) >= 11 is 0. The molecule has 1 fully saturated rings. The molecule has 0 aromatic carbocycles. The van der Waals surface area contributed by atoms with Gasteiger partial charge in [-0.05, 0) is 25.6 Å². The van der Waals surface area contributed by atoms with Crippen LogP contribution in [0.4, 0.5) is 11.9 Å². The molecule has 1 aliphatic rings. The molecule has 166 valence electrons. The highest BCUT2D eigenvalue weighted by Crippen LogP contribution is 2.18. The number of furan rings is 1. The summed E-state index contributed by atoms with van der Waals surface area (Å²) in [5.74, 6) is 1.32. The molecule has 1 atom stereocenters. The van der Waals surface area contributed by atoms with Gasteiger partial charge < -0.3 is 30.0 Å². The van der Waals surface area contributed by atoms with E-state index in [0.717, 1.165) is 19.6 Å². The molecule has 0 aliphatic carbocycles. The minimum atomic E-state index is -0.637. The van der Waals surface area contributed by atoms with Gasteiger partial charge in [0.1, 0.15) is 6.04 Å². The zero-order chi connectivity index (χ0) is 21.8. The molecule has 0 bridgehead atoms. The van der Waals surface area contributed by atoms with Crippen LogP contribution >= 0.6 is 0 Å². The Balaban J connectivity index is 1.54. The number of aromatic nitrogens is 5. The van der Waals surface area contributed by atoms with Gasteiger partial charge in [-0.1, -0.05) is 6.92 Å². The van der Waals surface area contributed by atoms with Crippen LogP contribution in [0.15, 0.2) is 22.8 Å². The fourth-order valence-corrected chi connectivity index (χ4v) is 3.45. The van der Waals surface area contributed by atoms with E-state index in [0.29, 0.717) is 31.3 Å². The molecule has 0 unspecified atom stereocenters. The third-order valence-electron chi connectivity index (χ3n) is 5.20. The van der Waals surface area contributed by atoms with Crippen molar-refractivity contribution in [2.75, 3.05) is 57.0 Å². The number of piperazine rings is 1. The maximum atomic E-state index is 13.1. The minimum Gasteiger partial charge on any atom is -0.461 e. The van der Waals surface area contributed by atoms with Gasteiger partial charge in [-0.3, -0.25) is 4.79 Å². The highest BCUT2D eigenvalue weighted by atomic mass is 16.5. The van der Waals surface area contributed by atoms with E-state index >= 15 is 0 Å². The lowest BCUT2D eigenvalue weighted by atomic mass is 10.2. The Bertz CT molecular complexity index is 1010. The molecule has 4 rings (SSSR count). The Labute approximate surface area is 179 Å².